The molecule has 88 valence electrons. The summed E-state index contributed by atoms with van der Waals surface area (Å²) in [6.07, 6.45) is 6.62. The van der Waals surface area contributed by atoms with Crippen LogP contribution < -0.4 is 0 Å². The third kappa shape index (κ3) is 2.46. The number of benzene rings is 1. The van der Waals surface area contributed by atoms with Crippen molar-refractivity contribution < 1.29 is 5.11 Å². The van der Waals surface area contributed by atoms with E-state index in [1.54, 1.807) is 0 Å². The van der Waals surface area contributed by atoms with E-state index in [-0.39, 0.29) is 0 Å². The molecule has 1 aromatic rings. The Morgan fingerprint density at radius 2 is 1.69 bits per heavy atom. The van der Waals surface area contributed by atoms with Crippen LogP contribution in [0.2, 0.25) is 0 Å². The Hall–Kier alpha value is -0.820. The van der Waals surface area contributed by atoms with Gasteiger partial charge in [0, 0.05) is 0 Å². The normalized spacial score (nSPS) is 18.7. The molecule has 1 fully saturated rings. The molecule has 0 aromatic heterocycles. The average molecular weight is 218 g/mol. The van der Waals surface area contributed by atoms with Crippen molar-refractivity contribution in [3.8, 4) is 0 Å². The molecule has 0 spiro atoms. The van der Waals surface area contributed by atoms with E-state index in [1.807, 2.05) is 19.9 Å². The molecular weight excluding hydrogens is 196 g/mol. The van der Waals surface area contributed by atoms with Crippen molar-refractivity contribution in [2.45, 2.75) is 57.5 Å². The minimum atomic E-state index is -0.714. The second kappa shape index (κ2) is 4.58. The third-order valence-electron chi connectivity index (χ3n) is 3.66. The third-order valence-corrected chi connectivity index (χ3v) is 3.66. The van der Waals surface area contributed by atoms with Crippen molar-refractivity contribution in [1.82, 2.24) is 0 Å². The summed E-state index contributed by atoms with van der Waals surface area (Å²) < 4.78 is 0. The van der Waals surface area contributed by atoms with E-state index in [1.165, 1.54) is 37.7 Å². The summed E-state index contributed by atoms with van der Waals surface area (Å²) in [5.41, 5.74) is 1.77. The maximum Gasteiger partial charge on any atom is 0.0843 e. The van der Waals surface area contributed by atoms with Gasteiger partial charge in [0.1, 0.15) is 0 Å². The molecule has 0 saturated heterocycles. The summed E-state index contributed by atoms with van der Waals surface area (Å²) in [7, 11) is 0. The van der Waals surface area contributed by atoms with Crippen molar-refractivity contribution in [3.05, 3.63) is 35.4 Å². The smallest absolute Gasteiger partial charge is 0.0843 e. The Kier molecular flexibility index (Phi) is 3.34. The predicted octanol–water partition coefficient (Wildman–Crippen LogP) is 3.96. The SMILES string of the molecule is CC(C)(O)c1ccccc1C1CCCCC1. The van der Waals surface area contributed by atoms with Gasteiger partial charge in [-0.2, -0.15) is 0 Å². The zero-order valence-electron chi connectivity index (χ0n) is 10.4. The van der Waals surface area contributed by atoms with E-state index in [0.29, 0.717) is 5.92 Å². The van der Waals surface area contributed by atoms with Crippen LogP contribution >= 0.6 is 0 Å². The van der Waals surface area contributed by atoms with Gasteiger partial charge in [0.25, 0.3) is 0 Å². The molecule has 1 heteroatoms. The maximum atomic E-state index is 10.2. The molecule has 1 aliphatic rings. The summed E-state index contributed by atoms with van der Waals surface area (Å²) in [6.45, 7) is 3.77. The van der Waals surface area contributed by atoms with E-state index in [0.717, 1.165) is 5.56 Å². The highest BCUT2D eigenvalue weighted by atomic mass is 16.3. The fraction of sp³-hybridized carbons (Fsp3) is 0.600. The lowest BCUT2D eigenvalue weighted by Crippen LogP contribution is -2.20. The van der Waals surface area contributed by atoms with E-state index in [4.69, 9.17) is 0 Å². The van der Waals surface area contributed by atoms with Crippen molar-refractivity contribution in [2.75, 3.05) is 0 Å². The van der Waals surface area contributed by atoms with Gasteiger partial charge in [-0.3, -0.25) is 0 Å². The number of aliphatic hydroxyl groups is 1. The van der Waals surface area contributed by atoms with Crippen LogP contribution in [0.15, 0.2) is 24.3 Å². The van der Waals surface area contributed by atoms with Crippen molar-refractivity contribution >= 4 is 0 Å². The average Bonchev–Trinajstić information content (AvgIpc) is 2.29. The molecule has 0 bridgehead atoms. The molecule has 0 radical (unpaired) electrons. The monoisotopic (exact) mass is 218 g/mol. The molecular formula is C15H22O. The highest BCUT2D eigenvalue weighted by Gasteiger charge is 2.24. The molecule has 0 aliphatic heterocycles. The lowest BCUT2D eigenvalue weighted by molar-refractivity contribution is 0.0769. The van der Waals surface area contributed by atoms with Gasteiger partial charge in [0.2, 0.25) is 0 Å². The minimum Gasteiger partial charge on any atom is -0.386 e. The topological polar surface area (TPSA) is 20.2 Å². The Balaban J connectivity index is 2.32. The Morgan fingerprint density at radius 3 is 2.31 bits per heavy atom. The second-order valence-corrected chi connectivity index (χ2v) is 5.48. The van der Waals surface area contributed by atoms with Crippen LogP contribution in [-0.4, -0.2) is 5.11 Å². The Morgan fingerprint density at radius 1 is 1.06 bits per heavy atom. The molecule has 1 nitrogen and oxygen atoms in total. The molecule has 0 amide bonds. The fourth-order valence-electron chi connectivity index (χ4n) is 2.82. The molecule has 1 aliphatic carbocycles. The zero-order valence-corrected chi connectivity index (χ0v) is 10.4. The fourth-order valence-corrected chi connectivity index (χ4v) is 2.82. The summed E-state index contributed by atoms with van der Waals surface area (Å²) >= 11 is 0. The lowest BCUT2D eigenvalue weighted by atomic mass is 9.79. The van der Waals surface area contributed by atoms with Gasteiger partial charge in [-0.15, -0.1) is 0 Å². The van der Waals surface area contributed by atoms with Gasteiger partial charge in [0.15, 0.2) is 0 Å². The highest BCUT2D eigenvalue weighted by molar-refractivity contribution is 5.34. The molecule has 1 aromatic carbocycles. The Labute approximate surface area is 98.5 Å². The van der Waals surface area contributed by atoms with Crippen LogP contribution in [0.4, 0.5) is 0 Å². The summed E-state index contributed by atoms with van der Waals surface area (Å²) in [6, 6.07) is 8.39. The first-order chi connectivity index (χ1) is 7.59. The van der Waals surface area contributed by atoms with Crippen LogP contribution in [0.25, 0.3) is 0 Å². The summed E-state index contributed by atoms with van der Waals surface area (Å²) in [5, 5.41) is 10.2. The van der Waals surface area contributed by atoms with E-state index in [9.17, 15) is 5.11 Å². The highest BCUT2D eigenvalue weighted by Crippen LogP contribution is 2.37. The first kappa shape index (κ1) is 11.7. The molecule has 2 rings (SSSR count). The molecule has 1 saturated carbocycles. The van der Waals surface area contributed by atoms with E-state index < -0.39 is 5.60 Å². The quantitative estimate of drug-likeness (QED) is 0.796. The van der Waals surface area contributed by atoms with Crippen molar-refractivity contribution in [1.29, 1.82) is 0 Å². The standard InChI is InChI=1S/C15H22O/c1-15(2,16)14-11-7-6-10-13(14)12-8-4-3-5-9-12/h6-7,10-12,16H,3-5,8-9H2,1-2H3. The van der Waals surface area contributed by atoms with Gasteiger partial charge in [0.05, 0.1) is 5.60 Å². The first-order valence-corrected chi connectivity index (χ1v) is 6.41. The number of rotatable bonds is 2. The summed E-state index contributed by atoms with van der Waals surface area (Å²) in [4.78, 5) is 0. The van der Waals surface area contributed by atoms with Gasteiger partial charge in [-0.1, -0.05) is 43.5 Å². The van der Waals surface area contributed by atoms with Gasteiger partial charge in [-0.05, 0) is 43.7 Å². The first-order valence-electron chi connectivity index (χ1n) is 6.41. The molecule has 0 unspecified atom stereocenters. The number of hydrogen-bond donors (Lipinski definition) is 1. The van der Waals surface area contributed by atoms with Crippen LogP contribution in [-0.2, 0) is 5.60 Å². The van der Waals surface area contributed by atoms with E-state index in [2.05, 4.69) is 18.2 Å². The molecule has 0 heterocycles. The molecule has 16 heavy (non-hydrogen) atoms. The van der Waals surface area contributed by atoms with Crippen LogP contribution in [0.5, 0.6) is 0 Å². The van der Waals surface area contributed by atoms with Gasteiger partial charge >= 0.3 is 0 Å². The largest absolute Gasteiger partial charge is 0.386 e. The van der Waals surface area contributed by atoms with Crippen LogP contribution in [0.3, 0.4) is 0 Å². The predicted molar refractivity (Wildman–Crippen MR) is 67.5 cm³/mol. The molecule has 1 N–H and O–H groups in total. The van der Waals surface area contributed by atoms with Crippen LogP contribution in [0, 0.1) is 0 Å². The summed E-state index contributed by atoms with van der Waals surface area (Å²) in [5.74, 6) is 0.663. The Bertz CT molecular complexity index is 343. The van der Waals surface area contributed by atoms with E-state index >= 15 is 0 Å². The maximum absolute atomic E-state index is 10.2. The number of hydrogen-bond acceptors (Lipinski definition) is 1. The lowest BCUT2D eigenvalue weighted by Gasteiger charge is -2.28. The van der Waals surface area contributed by atoms with Gasteiger partial charge < -0.3 is 5.11 Å². The zero-order chi connectivity index (χ0) is 11.6. The van der Waals surface area contributed by atoms with Crippen molar-refractivity contribution in [2.24, 2.45) is 0 Å². The van der Waals surface area contributed by atoms with Crippen LogP contribution in [0.1, 0.15) is 63.0 Å². The minimum absolute atomic E-state index is 0.663. The molecule has 0 atom stereocenters. The second-order valence-electron chi connectivity index (χ2n) is 5.48. The van der Waals surface area contributed by atoms with Gasteiger partial charge in [-0.25, -0.2) is 0 Å². The van der Waals surface area contributed by atoms with Crippen molar-refractivity contribution in [3.63, 3.8) is 0 Å².